The number of fused-ring (bicyclic) bond motifs is 10. The Balaban J connectivity index is 1.27. The van der Waals surface area contributed by atoms with Crippen molar-refractivity contribution < 1.29 is 4.11 Å². The minimum absolute atomic E-state index is 0.0192. The fourth-order valence-corrected chi connectivity index (χ4v) is 15.0. The van der Waals surface area contributed by atoms with Crippen LogP contribution in [-0.4, -0.2) is 6.71 Å². The lowest BCUT2D eigenvalue weighted by Gasteiger charge is -2.49. The minimum Gasteiger partial charge on any atom is -0.311 e. The van der Waals surface area contributed by atoms with Crippen LogP contribution >= 0.6 is 0 Å². The second-order valence-corrected chi connectivity index (χ2v) is 26.5. The van der Waals surface area contributed by atoms with Crippen molar-refractivity contribution >= 4 is 57.2 Å². The number of aryl methyl sites for hydroxylation is 2. The van der Waals surface area contributed by atoms with Crippen LogP contribution in [0, 0.1) is 13.8 Å². The molecule has 2 heterocycles. The zero-order valence-corrected chi connectivity index (χ0v) is 43.2. The third-order valence-corrected chi connectivity index (χ3v) is 18.7. The Kier molecular flexibility index (Phi) is 7.86. The van der Waals surface area contributed by atoms with E-state index < -0.39 is 6.85 Å². The van der Waals surface area contributed by atoms with E-state index in [4.69, 9.17) is 0 Å². The van der Waals surface area contributed by atoms with Gasteiger partial charge in [0.1, 0.15) is 0 Å². The maximum atomic E-state index is 9.31. The van der Waals surface area contributed by atoms with Gasteiger partial charge >= 0.3 is 0 Å². The van der Waals surface area contributed by atoms with E-state index in [2.05, 4.69) is 205 Å². The van der Waals surface area contributed by atoms with Gasteiger partial charge in [-0.3, -0.25) is 0 Å². The van der Waals surface area contributed by atoms with Crippen LogP contribution in [0.25, 0.3) is 11.1 Å². The van der Waals surface area contributed by atoms with Crippen LogP contribution in [-0.2, 0) is 37.9 Å². The molecular weight excluding hydrogens is 808 g/mol. The summed E-state index contributed by atoms with van der Waals surface area (Å²) in [6, 6.07) is 35.3. The van der Waals surface area contributed by atoms with Gasteiger partial charge in [0.2, 0.25) is 0 Å². The van der Waals surface area contributed by atoms with Crippen LogP contribution in [0.2, 0.25) is 0 Å². The highest BCUT2D eigenvalue weighted by Gasteiger charge is 2.51. The van der Waals surface area contributed by atoms with E-state index in [1.807, 2.05) is 0 Å². The molecule has 0 saturated heterocycles. The van der Waals surface area contributed by atoms with Crippen molar-refractivity contribution in [2.75, 3.05) is 9.80 Å². The molecular formula is C64H73BN2. The molecule has 0 spiro atoms. The monoisotopic (exact) mass is 884 g/mol. The largest absolute Gasteiger partial charge is 0.311 e. The molecule has 2 aliphatic heterocycles. The summed E-state index contributed by atoms with van der Waals surface area (Å²) in [5.74, 6) is 0. The molecule has 0 unspecified atom stereocenters. The number of hydrogen-bond donors (Lipinski definition) is 0. The van der Waals surface area contributed by atoms with Crippen molar-refractivity contribution in [1.82, 2.24) is 0 Å². The van der Waals surface area contributed by atoms with Crippen LogP contribution in [0.4, 0.5) is 34.1 Å². The molecule has 0 saturated carbocycles. The first kappa shape index (κ1) is 39.9. The Morgan fingerprint density at radius 3 is 1.42 bits per heavy atom. The molecule has 0 bridgehead atoms. The van der Waals surface area contributed by atoms with Crippen molar-refractivity contribution in [3.63, 3.8) is 0 Å². The summed E-state index contributed by atoms with van der Waals surface area (Å²) in [4.78, 5) is 5.08. The number of rotatable bonds is 2. The van der Waals surface area contributed by atoms with Gasteiger partial charge in [-0.25, -0.2) is 0 Å². The van der Waals surface area contributed by atoms with E-state index >= 15 is 0 Å². The van der Waals surface area contributed by atoms with E-state index in [9.17, 15) is 4.11 Å². The van der Waals surface area contributed by atoms with Crippen molar-refractivity contribution in [2.45, 2.75) is 181 Å². The molecule has 4 aliphatic carbocycles. The molecule has 0 N–H and O–H groups in total. The lowest BCUT2D eigenvalue weighted by Crippen LogP contribution is -2.62. The van der Waals surface area contributed by atoms with Crippen molar-refractivity contribution in [2.24, 2.45) is 0 Å². The van der Waals surface area contributed by atoms with Gasteiger partial charge < -0.3 is 9.80 Å². The van der Waals surface area contributed by atoms with E-state index in [1.54, 1.807) is 0 Å². The molecule has 6 aromatic rings. The van der Waals surface area contributed by atoms with Crippen molar-refractivity contribution in [1.29, 1.82) is 0 Å². The van der Waals surface area contributed by atoms with Gasteiger partial charge in [0, 0.05) is 38.0 Å². The first-order valence-corrected chi connectivity index (χ1v) is 25.5. The summed E-state index contributed by atoms with van der Waals surface area (Å²) in [5.41, 5.74) is 25.2. The Bertz CT molecular complexity index is 3300. The third-order valence-electron chi connectivity index (χ3n) is 18.7. The summed E-state index contributed by atoms with van der Waals surface area (Å²) in [7, 11) is 0. The maximum Gasteiger partial charge on any atom is 0.252 e. The van der Waals surface area contributed by atoms with Crippen LogP contribution in [0.3, 0.4) is 0 Å². The zero-order valence-electron chi connectivity index (χ0n) is 46.2. The maximum absolute atomic E-state index is 9.31. The van der Waals surface area contributed by atoms with Gasteiger partial charge in [-0.15, -0.1) is 0 Å². The van der Waals surface area contributed by atoms with Crippen LogP contribution < -0.4 is 26.2 Å². The summed E-state index contributed by atoms with van der Waals surface area (Å²) in [5, 5.41) is 0. The Hall–Kier alpha value is -5.02. The summed E-state index contributed by atoms with van der Waals surface area (Å²) in [6.45, 7) is 33.7. The average Bonchev–Trinajstić information content (AvgIpc) is 3.62. The third kappa shape index (κ3) is 5.76. The second-order valence-electron chi connectivity index (χ2n) is 26.5. The first-order chi connectivity index (χ1) is 32.5. The van der Waals surface area contributed by atoms with Crippen molar-refractivity contribution in [3.8, 4) is 11.1 Å². The van der Waals surface area contributed by atoms with E-state index in [-0.39, 0.29) is 44.6 Å². The standard InChI is InChI=1S/C64H73BN2/c1-37-28-54-57-55(29-37)67(51-33-47-42(30-38(51)2)62(11,12)36-63(47,13)14)53-35-46-44(59(5,6)25-27-61(46,9)10)32-49(53)65(57)48-31-43-45(60(7,8)26-24-58(43,3)4)34-52(48)66(54)50-23-19-21-40-39-20-17-18-22-41(39)64(15,16)56(40)50/h17-23,28-35H,24-27,36H2,1-16H3/i1D3. The number of hydrogen-bond acceptors (Lipinski definition) is 2. The molecule has 0 fully saturated rings. The van der Waals surface area contributed by atoms with E-state index in [0.717, 1.165) is 54.9 Å². The molecule has 0 amide bonds. The van der Waals surface area contributed by atoms with Gasteiger partial charge in [0.05, 0.1) is 5.69 Å². The molecule has 0 aromatic heterocycles. The lowest BCUT2D eigenvalue weighted by molar-refractivity contribution is 0.332. The molecule has 67 heavy (non-hydrogen) atoms. The quantitative estimate of drug-likeness (QED) is 0.160. The van der Waals surface area contributed by atoms with Crippen LogP contribution in [0.15, 0.2) is 91.0 Å². The molecule has 3 heteroatoms. The van der Waals surface area contributed by atoms with Gasteiger partial charge in [0.15, 0.2) is 0 Å². The summed E-state index contributed by atoms with van der Waals surface area (Å²) in [6.07, 6.45) is 5.52. The van der Waals surface area contributed by atoms with Crippen molar-refractivity contribution in [3.05, 3.63) is 147 Å². The lowest BCUT2D eigenvalue weighted by atomic mass is 9.32. The fourth-order valence-electron chi connectivity index (χ4n) is 15.0. The Morgan fingerprint density at radius 1 is 0.433 bits per heavy atom. The van der Waals surface area contributed by atoms with Crippen LogP contribution in [0.5, 0.6) is 0 Å². The fraction of sp³-hybridized carbons (Fsp3) is 0.438. The normalized spacial score (nSPS) is 22.4. The number of anilines is 6. The zero-order chi connectivity index (χ0) is 50.0. The molecule has 342 valence electrons. The molecule has 0 radical (unpaired) electrons. The summed E-state index contributed by atoms with van der Waals surface area (Å²) < 4.78 is 27.9. The molecule has 0 atom stereocenters. The predicted molar refractivity (Wildman–Crippen MR) is 289 cm³/mol. The minimum atomic E-state index is -2.37. The highest BCUT2D eigenvalue weighted by molar-refractivity contribution is 7.00. The van der Waals surface area contributed by atoms with E-state index in [1.165, 1.54) is 89.0 Å². The SMILES string of the molecule is [2H]C([2H])([2H])c1cc2c3c(c1)N(c1cccc4c1C(C)(C)c1ccccc1-4)c1cc4c(cc1B3c1cc3c(cc1N2c1cc2c(cc1C)C(C)(C)CC2(C)C)C(C)(C)CCC3(C)C)C(C)(C)CCC4(C)C. The highest BCUT2D eigenvalue weighted by atomic mass is 15.2. The predicted octanol–water partition coefficient (Wildman–Crippen LogP) is 15.3. The second kappa shape index (κ2) is 13.2. The molecule has 2 nitrogen and oxygen atoms in total. The van der Waals surface area contributed by atoms with Gasteiger partial charge in [-0.1, -0.05) is 152 Å². The Morgan fingerprint density at radius 2 is 0.881 bits per heavy atom. The number of benzene rings is 6. The first-order valence-electron chi connectivity index (χ1n) is 27.0. The molecule has 6 aliphatic rings. The van der Waals surface area contributed by atoms with Gasteiger partial charge in [-0.2, -0.15) is 0 Å². The molecule has 6 aromatic carbocycles. The van der Waals surface area contributed by atoms with Gasteiger partial charge in [-0.05, 0) is 198 Å². The van der Waals surface area contributed by atoms with Gasteiger partial charge in [0.25, 0.3) is 6.71 Å². The Labute approximate surface area is 407 Å². The number of nitrogens with zero attached hydrogens (tertiary/aromatic N) is 2. The average molecular weight is 884 g/mol. The topological polar surface area (TPSA) is 6.48 Å². The highest BCUT2D eigenvalue weighted by Crippen LogP contribution is 2.58. The summed E-state index contributed by atoms with van der Waals surface area (Å²) >= 11 is 0. The van der Waals surface area contributed by atoms with Crippen LogP contribution in [0.1, 0.15) is 189 Å². The van der Waals surface area contributed by atoms with E-state index in [0.29, 0.717) is 5.56 Å². The molecule has 12 rings (SSSR count). The smallest absolute Gasteiger partial charge is 0.252 e.